The van der Waals surface area contributed by atoms with Crippen molar-refractivity contribution in [2.45, 2.75) is 47.2 Å². The molecule has 7 nitrogen and oxygen atoms in total. The second kappa shape index (κ2) is 10.6. The van der Waals surface area contributed by atoms with E-state index in [1.807, 2.05) is 64.1 Å². The molecule has 0 spiro atoms. The number of amides is 2. The maximum absolute atomic E-state index is 13.5. The molecule has 174 valence electrons. The minimum Gasteiger partial charge on any atom is -0.355 e. The van der Waals surface area contributed by atoms with Crippen molar-refractivity contribution in [1.29, 1.82) is 0 Å². The zero-order valence-electron chi connectivity index (χ0n) is 19.7. The molecule has 0 saturated carbocycles. The van der Waals surface area contributed by atoms with Crippen molar-refractivity contribution in [1.82, 2.24) is 10.2 Å². The molecule has 2 rings (SSSR count). The molecule has 8 heteroatoms. The summed E-state index contributed by atoms with van der Waals surface area (Å²) in [6.07, 6.45) is 1.08. The predicted molar refractivity (Wildman–Crippen MR) is 128 cm³/mol. The van der Waals surface area contributed by atoms with Gasteiger partial charge in [-0.3, -0.25) is 13.9 Å². The van der Waals surface area contributed by atoms with Gasteiger partial charge in [-0.2, -0.15) is 0 Å². The van der Waals surface area contributed by atoms with E-state index < -0.39 is 28.5 Å². The molecule has 0 fully saturated rings. The van der Waals surface area contributed by atoms with E-state index in [-0.39, 0.29) is 12.5 Å². The Bertz CT molecular complexity index is 1080. The number of rotatable bonds is 9. The SMILES string of the molecule is CCNC(=O)[C@H](C)N(Cc1ccccc1C)C(=O)CN(c1ccc(C)cc1C)S(C)(=O)=O. The molecule has 1 N–H and O–H groups in total. The predicted octanol–water partition coefficient (Wildman–Crippen LogP) is 2.93. The number of hydrogen-bond donors (Lipinski definition) is 1. The summed E-state index contributed by atoms with van der Waals surface area (Å²) in [5, 5.41) is 2.75. The van der Waals surface area contributed by atoms with Gasteiger partial charge in [0.1, 0.15) is 12.6 Å². The third-order valence-electron chi connectivity index (χ3n) is 5.42. The topological polar surface area (TPSA) is 86.8 Å². The monoisotopic (exact) mass is 459 g/mol. The van der Waals surface area contributed by atoms with Crippen LogP contribution in [0.4, 0.5) is 5.69 Å². The summed E-state index contributed by atoms with van der Waals surface area (Å²) in [4.78, 5) is 27.5. The lowest BCUT2D eigenvalue weighted by Gasteiger charge is -2.32. The molecule has 0 heterocycles. The summed E-state index contributed by atoms with van der Waals surface area (Å²) in [7, 11) is -3.73. The minimum atomic E-state index is -3.73. The third-order valence-corrected chi connectivity index (χ3v) is 6.55. The molecule has 0 aliphatic heterocycles. The van der Waals surface area contributed by atoms with Crippen molar-refractivity contribution < 1.29 is 18.0 Å². The number of aryl methyl sites for hydroxylation is 3. The normalized spacial score (nSPS) is 12.2. The zero-order chi connectivity index (χ0) is 24.1. The highest BCUT2D eigenvalue weighted by Gasteiger charge is 2.30. The molecule has 2 aromatic carbocycles. The van der Waals surface area contributed by atoms with Crippen LogP contribution in [0.1, 0.15) is 36.1 Å². The maximum atomic E-state index is 13.5. The van der Waals surface area contributed by atoms with Crippen molar-refractivity contribution >= 4 is 27.5 Å². The van der Waals surface area contributed by atoms with Gasteiger partial charge in [-0.05, 0) is 57.4 Å². The number of likely N-dealkylation sites (N-methyl/N-ethyl adjacent to an activating group) is 1. The average molecular weight is 460 g/mol. The van der Waals surface area contributed by atoms with Crippen molar-refractivity contribution in [3.05, 3.63) is 64.7 Å². The van der Waals surface area contributed by atoms with Crippen LogP contribution < -0.4 is 9.62 Å². The first-order chi connectivity index (χ1) is 15.0. The van der Waals surface area contributed by atoms with E-state index in [1.165, 1.54) is 4.90 Å². The Balaban J connectivity index is 2.43. The Labute approximate surface area is 191 Å². The molecule has 2 amide bonds. The Morgan fingerprint density at radius 2 is 1.69 bits per heavy atom. The molecular formula is C24H33N3O4S. The highest BCUT2D eigenvalue weighted by atomic mass is 32.2. The second-order valence-corrected chi connectivity index (χ2v) is 9.99. The molecule has 0 aliphatic carbocycles. The van der Waals surface area contributed by atoms with E-state index in [9.17, 15) is 18.0 Å². The fourth-order valence-corrected chi connectivity index (χ4v) is 4.46. The van der Waals surface area contributed by atoms with E-state index in [4.69, 9.17) is 0 Å². The van der Waals surface area contributed by atoms with E-state index >= 15 is 0 Å². The molecular weight excluding hydrogens is 426 g/mol. The Kier molecular flexibility index (Phi) is 8.44. The van der Waals surface area contributed by atoms with Crippen molar-refractivity contribution in [2.24, 2.45) is 0 Å². The number of hydrogen-bond acceptors (Lipinski definition) is 4. The number of nitrogens with one attached hydrogen (secondary N) is 1. The summed E-state index contributed by atoms with van der Waals surface area (Å²) in [6.45, 7) is 9.39. The Hall–Kier alpha value is -2.87. The van der Waals surface area contributed by atoms with Crippen molar-refractivity contribution in [3.63, 3.8) is 0 Å². The second-order valence-electron chi connectivity index (χ2n) is 8.08. The van der Waals surface area contributed by atoms with Crippen LogP contribution in [0.2, 0.25) is 0 Å². The lowest BCUT2D eigenvalue weighted by molar-refractivity contribution is -0.139. The van der Waals surface area contributed by atoms with E-state index in [2.05, 4.69) is 5.32 Å². The van der Waals surface area contributed by atoms with Crippen LogP contribution in [-0.2, 0) is 26.2 Å². The van der Waals surface area contributed by atoms with Crippen molar-refractivity contribution in [2.75, 3.05) is 23.7 Å². The number of carbonyl (C=O) groups excluding carboxylic acids is 2. The maximum Gasteiger partial charge on any atom is 0.244 e. The summed E-state index contributed by atoms with van der Waals surface area (Å²) in [6, 6.07) is 12.3. The summed E-state index contributed by atoms with van der Waals surface area (Å²) in [5.41, 5.74) is 4.09. The molecule has 2 aromatic rings. The molecule has 0 bridgehead atoms. The summed E-state index contributed by atoms with van der Waals surface area (Å²) in [5.74, 6) is -0.732. The lowest BCUT2D eigenvalue weighted by Crippen LogP contribution is -2.51. The third kappa shape index (κ3) is 6.32. The van der Waals surface area contributed by atoms with E-state index in [0.717, 1.165) is 32.8 Å². The lowest BCUT2D eigenvalue weighted by atomic mass is 10.1. The van der Waals surface area contributed by atoms with Crippen LogP contribution in [-0.4, -0.2) is 50.5 Å². The molecule has 0 unspecified atom stereocenters. The van der Waals surface area contributed by atoms with E-state index in [1.54, 1.807) is 13.0 Å². The smallest absolute Gasteiger partial charge is 0.244 e. The summed E-state index contributed by atoms with van der Waals surface area (Å²) >= 11 is 0. The first-order valence-electron chi connectivity index (χ1n) is 10.6. The van der Waals surface area contributed by atoms with Crippen LogP contribution in [0.25, 0.3) is 0 Å². The van der Waals surface area contributed by atoms with Gasteiger partial charge in [0.15, 0.2) is 0 Å². The largest absolute Gasteiger partial charge is 0.355 e. The number of nitrogens with zero attached hydrogens (tertiary/aromatic N) is 2. The first kappa shape index (κ1) is 25.4. The average Bonchev–Trinajstić information content (AvgIpc) is 2.70. The van der Waals surface area contributed by atoms with Crippen LogP contribution in [0, 0.1) is 20.8 Å². The highest BCUT2D eigenvalue weighted by Crippen LogP contribution is 2.24. The van der Waals surface area contributed by atoms with Crippen LogP contribution >= 0.6 is 0 Å². The van der Waals surface area contributed by atoms with Crippen LogP contribution in [0.3, 0.4) is 0 Å². The molecule has 0 radical (unpaired) electrons. The quantitative estimate of drug-likeness (QED) is 0.625. The Morgan fingerprint density at radius 1 is 1.03 bits per heavy atom. The Morgan fingerprint density at radius 3 is 2.25 bits per heavy atom. The number of sulfonamides is 1. The van der Waals surface area contributed by atoms with Gasteiger partial charge in [0, 0.05) is 13.1 Å². The molecule has 0 saturated heterocycles. The number of anilines is 1. The van der Waals surface area contributed by atoms with Gasteiger partial charge in [-0.25, -0.2) is 8.42 Å². The molecule has 0 aromatic heterocycles. The van der Waals surface area contributed by atoms with Gasteiger partial charge in [0.25, 0.3) is 0 Å². The van der Waals surface area contributed by atoms with Gasteiger partial charge >= 0.3 is 0 Å². The van der Waals surface area contributed by atoms with Crippen LogP contribution in [0.15, 0.2) is 42.5 Å². The molecule has 0 aliphatic rings. The fourth-order valence-electron chi connectivity index (χ4n) is 3.56. The zero-order valence-corrected chi connectivity index (χ0v) is 20.5. The van der Waals surface area contributed by atoms with Crippen molar-refractivity contribution in [3.8, 4) is 0 Å². The number of carbonyl (C=O) groups is 2. The van der Waals surface area contributed by atoms with E-state index in [0.29, 0.717) is 12.2 Å². The van der Waals surface area contributed by atoms with Crippen LogP contribution in [0.5, 0.6) is 0 Å². The van der Waals surface area contributed by atoms with Gasteiger partial charge < -0.3 is 10.2 Å². The summed E-state index contributed by atoms with van der Waals surface area (Å²) < 4.78 is 26.4. The number of benzene rings is 2. The van der Waals surface area contributed by atoms with Gasteiger partial charge in [-0.1, -0.05) is 42.0 Å². The standard InChI is InChI=1S/C24H33N3O4S/c1-7-25-24(29)20(5)26(15-21-11-9-8-10-18(21)3)23(28)16-27(32(6,30)31)22-13-12-17(2)14-19(22)4/h8-14,20H,7,15-16H2,1-6H3,(H,25,29)/t20-/m0/s1. The molecule has 1 atom stereocenters. The minimum absolute atomic E-state index is 0.203. The first-order valence-corrected chi connectivity index (χ1v) is 12.5. The van der Waals surface area contributed by atoms with Gasteiger partial charge in [-0.15, -0.1) is 0 Å². The van der Waals surface area contributed by atoms with Gasteiger partial charge in [0.2, 0.25) is 21.8 Å². The van der Waals surface area contributed by atoms with Gasteiger partial charge in [0.05, 0.1) is 11.9 Å². The highest BCUT2D eigenvalue weighted by molar-refractivity contribution is 7.92. The fraction of sp³-hybridized carbons (Fsp3) is 0.417. The molecule has 32 heavy (non-hydrogen) atoms.